The van der Waals surface area contributed by atoms with Crippen LogP contribution in [0.2, 0.25) is 0 Å². The Hall–Kier alpha value is -1.98. The summed E-state index contributed by atoms with van der Waals surface area (Å²) in [7, 11) is 0. The minimum Gasteiger partial charge on any atom is -0.476 e. The molecule has 0 unspecified atom stereocenters. The molecule has 0 aromatic carbocycles. The molecule has 0 radical (unpaired) electrons. The first kappa shape index (κ1) is 14.4. The van der Waals surface area contributed by atoms with Gasteiger partial charge in [0, 0.05) is 5.41 Å². The zero-order valence-electron chi connectivity index (χ0n) is 12.5. The standard InChI is InChI=1S/C14H21N5O/c1-5-6-7-20-12-10-11(18-13(15)19-12)17-9(8-16-10)14(2,3)4/h8H,5-7H2,1-4H3,(H2,15,17,18,19). The largest absolute Gasteiger partial charge is 0.476 e. The molecular formula is C14H21N5O. The van der Waals surface area contributed by atoms with Crippen molar-refractivity contribution in [2.75, 3.05) is 12.3 Å². The lowest BCUT2D eigenvalue weighted by Gasteiger charge is -2.17. The number of aromatic nitrogens is 4. The molecule has 0 saturated carbocycles. The Balaban J connectivity index is 2.44. The zero-order chi connectivity index (χ0) is 14.8. The van der Waals surface area contributed by atoms with Gasteiger partial charge in [-0.05, 0) is 6.42 Å². The Bertz CT molecular complexity index is 606. The van der Waals surface area contributed by atoms with Crippen LogP contribution in [-0.4, -0.2) is 26.5 Å². The Kier molecular flexibility index (Phi) is 4.01. The topological polar surface area (TPSA) is 86.8 Å². The molecule has 2 N–H and O–H groups in total. The van der Waals surface area contributed by atoms with E-state index in [1.54, 1.807) is 6.20 Å². The Morgan fingerprint density at radius 1 is 1.20 bits per heavy atom. The van der Waals surface area contributed by atoms with Crippen LogP contribution in [0.5, 0.6) is 5.88 Å². The van der Waals surface area contributed by atoms with Crippen LogP contribution < -0.4 is 10.5 Å². The van der Waals surface area contributed by atoms with Gasteiger partial charge in [0.05, 0.1) is 18.5 Å². The summed E-state index contributed by atoms with van der Waals surface area (Å²) in [5.41, 5.74) is 7.53. The van der Waals surface area contributed by atoms with Crippen molar-refractivity contribution in [1.82, 2.24) is 19.9 Å². The molecule has 6 heteroatoms. The number of anilines is 1. The Morgan fingerprint density at radius 3 is 2.60 bits per heavy atom. The molecule has 20 heavy (non-hydrogen) atoms. The Labute approximate surface area is 118 Å². The number of unbranched alkanes of at least 4 members (excludes halogenated alkanes) is 1. The van der Waals surface area contributed by atoms with Crippen LogP contribution >= 0.6 is 0 Å². The van der Waals surface area contributed by atoms with Gasteiger partial charge >= 0.3 is 0 Å². The normalized spacial score (nSPS) is 11.8. The van der Waals surface area contributed by atoms with Gasteiger partial charge in [-0.1, -0.05) is 34.1 Å². The van der Waals surface area contributed by atoms with Crippen LogP contribution in [0.25, 0.3) is 11.2 Å². The molecule has 6 nitrogen and oxygen atoms in total. The molecule has 0 saturated heterocycles. The number of nitrogen functional groups attached to an aromatic ring is 1. The summed E-state index contributed by atoms with van der Waals surface area (Å²) in [6.45, 7) is 8.92. The molecule has 2 aromatic rings. The van der Waals surface area contributed by atoms with Crippen molar-refractivity contribution in [3.05, 3.63) is 11.9 Å². The van der Waals surface area contributed by atoms with Crippen LogP contribution in [0.1, 0.15) is 46.2 Å². The third-order valence-electron chi connectivity index (χ3n) is 2.90. The van der Waals surface area contributed by atoms with Gasteiger partial charge < -0.3 is 10.5 Å². The highest BCUT2D eigenvalue weighted by Gasteiger charge is 2.18. The third kappa shape index (κ3) is 3.12. The third-order valence-corrected chi connectivity index (χ3v) is 2.90. The lowest BCUT2D eigenvalue weighted by molar-refractivity contribution is 0.301. The maximum Gasteiger partial charge on any atom is 0.247 e. The van der Waals surface area contributed by atoms with Crippen LogP contribution in [0, 0.1) is 0 Å². The van der Waals surface area contributed by atoms with Crippen LogP contribution in [-0.2, 0) is 5.41 Å². The van der Waals surface area contributed by atoms with Crippen molar-refractivity contribution < 1.29 is 4.74 Å². The highest BCUT2D eigenvalue weighted by Crippen LogP contribution is 2.24. The molecule has 0 amide bonds. The smallest absolute Gasteiger partial charge is 0.247 e. The van der Waals surface area contributed by atoms with Gasteiger partial charge in [0.25, 0.3) is 0 Å². The fraction of sp³-hybridized carbons (Fsp3) is 0.571. The first-order chi connectivity index (χ1) is 9.41. The molecule has 2 aromatic heterocycles. The summed E-state index contributed by atoms with van der Waals surface area (Å²) in [6, 6.07) is 0. The Morgan fingerprint density at radius 2 is 1.95 bits per heavy atom. The molecule has 2 rings (SSSR count). The number of fused-ring (bicyclic) bond motifs is 1. The van der Waals surface area contributed by atoms with Crippen molar-refractivity contribution in [2.45, 2.75) is 46.0 Å². The molecule has 0 aliphatic rings. The van der Waals surface area contributed by atoms with E-state index >= 15 is 0 Å². The van der Waals surface area contributed by atoms with Crippen molar-refractivity contribution in [1.29, 1.82) is 0 Å². The maximum absolute atomic E-state index is 5.72. The molecule has 0 spiro atoms. The van der Waals surface area contributed by atoms with E-state index in [2.05, 4.69) is 47.6 Å². The molecular weight excluding hydrogens is 254 g/mol. The van der Waals surface area contributed by atoms with Gasteiger partial charge in [0.2, 0.25) is 11.8 Å². The number of nitrogens with zero attached hydrogens (tertiary/aromatic N) is 4. The summed E-state index contributed by atoms with van der Waals surface area (Å²) in [5, 5.41) is 0. The van der Waals surface area contributed by atoms with E-state index in [-0.39, 0.29) is 11.4 Å². The maximum atomic E-state index is 5.72. The van der Waals surface area contributed by atoms with Gasteiger partial charge in [0.15, 0.2) is 11.2 Å². The van der Waals surface area contributed by atoms with Crippen molar-refractivity contribution >= 4 is 17.1 Å². The number of hydrogen-bond donors (Lipinski definition) is 1. The van der Waals surface area contributed by atoms with E-state index in [0.717, 1.165) is 18.5 Å². The molecule has 0 bridgehead atoms. The average molecular weight is 275 g/mol. The van der Waals surface area contributed by atoms with Crippen molar-refractivity contribution in [2.24, 2.45) is 0 Å². The van der Waals surface area contributed by atoms with Gasteiger partial charge in [0.1, 0.15) is 0 Å². The van der Waals surface area contributed by atoms with Crippen LogP contribution in [0.3, 0.4) is 0 Å². The lowest BCUT2D eigenvalue weighted by atomic mass is 9.93. The average Bonchev–Trinajstić information content (AvgIpc) is 2.37. The van der Waals surface area contributed by atoms with Gasteiger partial charge in [-0.2, -0.15) is 9.97 Å². The second-order valence-electron chi connectivity index (χ2n) is 5.77. The quantitative estimate of drug-likeness (QED) is 0.862. The molecule has 0 aliphatic carbocycles. The highest BCUT2D eigenvalue weighted by molar-refractivity contribution is 5.76. The highest BCUT2D eigenvalue weighted by atomic mass is 16.5. The first-order valence-corrected chi connectivity index (χ1v) is 6.85. The van der Waals surface area contributed by atoms with Gasteiger partial charge in [-0.15, -0.1) is 0 Å². The minimum atomic E-state index is -0.0931. The van der Waals surface area contributed by atoms with Crippen molar-refractivity contribution in [3.63, 3.8) is 0 Å². The molecule has 2 heterocycles. The number of ether oxygens (including phenoxy) is 1. The van der Waals surface area contributed by atoms with E-state index in [1.807, 2.05) is 0 Å². The van der Waals surface area contributed by atoms with Crippen molar-refractivity contribution in [3.8, 4) is 5.88 Å². The first-order valence-electron chi connectivity index (χ1n) is 6.85. The van der Waals surface area contributed by atoms with Gasteiger partial charge in [-0.25, -0.2) is 9.97 Å². The molecule has 0 aliphatic heterocycles. The summed E-state index contributed by atoms with van der Waals surface area (Å²) in [4.78, 5) is 17.2. The molecule has 0 fully saturated rings. The number of rotatable bonds is 4. The van der Waals surface area contributed by atoms with E-state index in [0.29, 0.717) is 23.7 Å². The summed E-state index contributed by atoms with van der Waals surface area (Å²) in [6.07, 6.45) is 3.76. The van der Waals surface area contributed by atoms with E-state index in [4.69, 9.17) is 10.5 Å². The second kappa shape index (κ2) is 5.56. The minimum absolute atomic E-state index is 0.0931. The lowest BCUT2D eigenvalue weighted by Crippen LogP contribution is -2.15. The summed E-state index contributed by atoms with van der Waals surface area (Å²) >= 11 is 0. The second-order valence-corrected chi connectivity index (χ2v) is 5.77. The molecule has 0 atom stereocenters. The predicted octanol–water partition coefficient (Wildman–Crippen LogP) is 2.48. The summed E-state index contributed by atoms with van der Waals surface area (Å²) in [5.74, 6) is 0.568. The van der Waals surface area contributed by atoms with E-state index < -0.39 is 0 Å². The van der Waals surface area contributed by atoms with E-state index in [9.17, 15) is 0 Å². The number of hydrogen-bond acceptors (Lipinski definition) is 6. The summed E-state index contributed by atoms with van der Waals surface area (Å²) < 4.78 is 5.63. The number of nitrogens with two attached hydrogens (primary N) is 1. The SMILES string of the molecule is CCCCOc1nc(N)nc2nc(C(C)(C)C)cnc12. The van der Waals surface area contributed by atoms with Gasteiger partial charge in [-0.3, -0.25) is 0 Å². The van der Waals surface area contributed by atoms with E-state index in [1.165, 1.54) is 0 Å². The fourth-order valence-corrected chi connectivity index (χ4v) is 1.67. The molecule has 108 valence electrons. The monoisotopic (exact) mass is 275 g/mol. The van der Waals surface area contributed by atoms with Crippen LogP contribution in [0.4, 0.5) is 5.95 Å². The predicted molar refractivity (Wildman–Crippen MR) is 78.6 cm³/mol. The fourth-order valence-electron chi connectivity index (χ4n) is 1.67. The zero-order valence-corrected chi connectivity index (χ0v) is 12.5. The van der Waals surface area contributed by atoms with Crippen LogP contribution in [0.15, 0.2) is 6.20 Å².